The fourth-order valence-electron chi connectivity index (χ4n) is 4.44. The lowest BCUT2D eigenvalue weighted by molar-refractivity contribution is 0.213. The smallest absolute Gasteiger partial charge is 0.232 e. The van der Waals surface area contributed by atoms with Crippen molar-refractivity contribution >= 4 is 22.7 Å². The van der Waals surface area contributed by atoms with Gasteiger partial charge in [-0.3, -0.25) is 0 Å². The molecule has 1 fully saturated rings. The lowest BCUT2D eigenvalue weighted by atomic mass is 9.90. The average Bonchev–Trinajstić information content (AvgIpc) is 3.23. The van der Waals surface area contributed by atoms with E-state index >= 15 is 0 Å². The van der Waals surface area contributed by atoms with Crippen LogP contribution in [0.15, 0.2) is 48.8 Å². The summed E-state index contributed by atoms with van der Waals surface area (Å²) in [5.74, 6) is 0.261. The van der Waals surface area contributed by atoms with E-state index in [1.165, 1.54) is 6.07 Å². The highest BCUT2D eigenvalue weighted by molar-refractivity contribution is 6.30. The van der Waals surface area contributed by atoms with E-state index in [1.54, 1.807) is 30.6 Å². The summed E-state index contributed by atoms with van der Waals surface area (Å²) >= 11 is 5.93. The number of hydrogen-bond acceptors (Lipinski definition) is 5. The van der Waals surface area contributed by atoms with Gasteiger partial charge in [0.1, 0.15) is 17.7 Å². The van der Waals surface area contributed by atoms with Crippen molar-refractivity contribution in [3.63, 3.8) is 0 Å². The summed E-state index contributed by atoms with van der Waals surface area (Å²) in [7, 11) is 0. The van der Waals surface area contributed by atoms with E-state index < -0.39 is 5.82 Å². The molecule has 1 aliphatic heterocycles. The zero-order valence-electron chi connectivity index (χ0n) is 17.4. The van der Waals surface area contributed by atoms with Gasteiger partial charge in [0.2, 0.25) is 5.88 Å². The van der Waals surface area contributed by atoms with Crippen LogP contribution in [0.2, 0.25) is 5.02 Å². The van der Waals surface area contributed by atoms with E-state index in [-0.39, 0.29) is 16.9 Å². The summed E-state index contributed by atoms with van der Waals surface area (Å²) in [4.78, 5) is 9.18. The van der Waals surface area contributed by atoms with E-state index in [1.807, 2.05) is 12.1 Å². The molecule has 3 aromatic rings. The Labute approximate surface area is 190 Å². The number of phenolic OH excluding ortho intramolecular Hbond substituents is 1. The highest BCUT2D eigenvalue weighted by atomic mass is 35.5. The molecule has 1 aromatic heterocycles. The van der Waals surface area contributed by atoms with Gasteiger partial charge in [0.25, 0.3) is 0 Å². The molecule has 5 rings (SSSR count). The second kappa shape index (κ2) is 8.88. The van der Waals surface area contributed by atoms with Gasteiger partial charge in [-0.2, -0.15) is 0 Å². The summed E-state index contributed by atoms with van der Waals surface area (Å²) in [5.41, 5.74) is 5.31. The van der Waals surface area contributed by atoms with Crippen LogP contribution in [0.5, 0.6) is 11.6 Å². The zero-order chi connectivity index (χ0) is 22.1. The first-order valence-corrected chi connectivity index (χ1v) is 11.2. The molecular formula is C25H23ClFN3O2. The third kappa shape index (κ3) is 4.20. The van der Waals surface area contributed by atoms with Crippen molar-refractivity contribution < 1.29 is 14.2 Å². The molecule has 0 unspecified atom stereocenters. The Balaban J connectivity index is 1.62. The Morgan fingerprint density at radius 2 is 2.00 bits per heavy atom. The molecule has 5 nitrogen and oxygen atoms in total. The molecule has 1 saturated heterocycles. The number of allylic oxidation sites excluding steroid dienone is 1. The molecule has 0 radical (unpaired) electrons. The summed E-state index contributed by atoms with van der Waals surface area (Å²) in [6.07, 6.45) is 6.80. The van der Waals surface area contributed by atoms with Crippen molar-refractivity contribution in [3.8, 4) is 11.6 Å². The van der Waals surface area contributed by atoms with Crippen LogP contribution in [0.4, 0.5) is 4.39 Å². The lowest BCUT2D eigenvalue weighted by Gasteiger charge is -2.17. The number of aromatic nitrogens is 2. The maximum absolute atomic E-state index is 14.3. The number of halogens is 2. The van der Waals surface area contributed by atoms with Gasteiger partial charge in [-0.05, 0) is 78.8 Å². The number of aryl methyl sites for hydroxylation is 1. The van der Waals surface area contributed by atoms with Gasteiger partial charge in [-0.25, -0.2) is 14.4 Å². The number of aromatic hydroxyl groups is 1. The highest BCUT2D eigenvalue weighted by Crippen LogP contribution is 2.40. The lowest BCUT2D eigenvalue weighted by Crippen LogP contribution is -2.20. The SMILES string of the molecule is Oc1ccc2c(c1)CCCC(c1ccc(Cl)c(F)c1)=C2c1cnc(O[C@H]2CCNC2)cn1. The predicted octanol–water partition coefficient (Wildman–Crippen LogP) is 5.01. The van der Waals surface area contributed by atoms with Crippen LogP contribution in [0.25, 0.3) is 11.1 Å². The summed E-state index contributed by atoms with van der Waals surface area (Å²) < 4.78 is 20.2. The van der Waals surface area contributed by atoms with Crippen LogP contribution in [-0.2, 0) is 6.42 Å². The van der Waals surface area contributed by atoms with Crippen molar-refractivity contribution in [2.75, 3.05) is 13.1 Å². The number of nitrogens with one attached hydrogen (secondary N) is 1. The quantitative estimate of drug-likeness (QED) is 0.583. The minimum atomic E-state index is -0.453. The van der Waals surface area contributed by atoms with E-state index in [4.69, 9.17) is 16.3 Å². The topological polar surface area (TPSA) is 67.3 Å². The van der Waals surface area contributed by atoms with Crippen molar-refractivity contribution in [1.29, 1.82) is 0 Å². The minimum absolute atomic E-state index is 0.0949. The molecule has 2 heterocycles. The fraction of sp³-hybridized carbons (Fsp3) is 0.280. The van der Waals surface area contributed by atoms with Gasteiger partial charge < -0.3 is 15.2 Å². The molecule has 2 aromatic carbocycles. The van der Waals surface area contributed by atoms with Gasteiger partial charge in [-0.15, -0.1) is 0 Å². The largest absolute Gasteiger partial charge is 0.508 e. The number of rotatable bonds is 4. The maximum atomic E-state index is 14.3. The molecule has 0 bridgehead atoms. The van der Waals surface area contributed by atoms with Crippen LogP contribution in [-0.4, -0.2) is 34.3 Å². The Hall–Kier alpha value is -2.96. The van der Waals surface area contributed by atoms with E-state index in [2.05, 4.69) is 15.3 Å². The van der Waals surface area contributed by atoms with Crippen LogP contribution in [0.1, 0.15) is 41.6 Å². The first kappa shape index (κ1) is 20.9. The zero-order valence-corrected chi connectivity index (χ0v) is 18.2. The van der Waals surface area contributed by atoms with Gasteiger partial charge in [0, 0.05) is 12.1 Å². The van der Waals surface area contributed by atoms with E-state index in [9.17, 15) is 9.50 Å². The van der Waals surface area contributed by atoms with Crippen molar-refractivity contribution in [1.82, 2.24) is 15.3 Å². The normalized spacial score (nSPS) is 18.4. The van der Waals surface area contributed by atoms with Crippen LogP contribution in [0.3, 0.4) is 0 Å². The van der Waals surface area contributed by atoms with Crippen LogP contribution >= 0.6 is 11.6 Å². The Kier molecular flexibility index (Phi) is 5.81. The summed E-state index contributed by atoms with van der Waals surface area (Å²) in [6.45, 7) is 1.74. The molecule has 2 N–H and O–H groups in total. The predicted molar refractivity (Wildman–Crippen MR) is 122 cm³/mol. The minimum Gasteiger partial charge on any atom is -0.508 e. The molecular weight excluding hydrogens is 429 g/mol. The number of hydrogen-bond donors (Lipinski definition) is 2. The van der Waals surface area contributed by atoms with Gasteiger partial charge in [0.05, 0.1) is 23.1 Å². The molecule has 0 spiro atoms. The third-order valence-electron chi connectivity index (χ3n) is 5.99. The second-order valence-electron chi connectivity index (χ2n) is 8.15. The standard InChI is InChI=1S/C25H23ClFN3O2/c26-21-7-4-16(11-22(21)27)19-3-1-2-15-10-17(31)5-6-20(15)25(19)23-13-30-24(14-29-23)32-18-8-9-28-12-18/h4-7,10-11,13-14,18,28,31H,1-3,8-9,12H2/t18-/m0/s1. The van der Waals surface area contributed by atoms with Crippen molar-refractivity contribution in [3.05, 3.63) is 82.0 Å². The maximum Gasteiger partial charge on any atom is 0.232 e. The fourth-order valence-corrected chi connectivity index (χ4v) is 4.56. The van der Waals surface area contributed by atoms with Gasteiger partial charge in [-0.1, -0.05) is 23.7 Å². The molecule has 1 atom stereocenters. The number of benzene rings is 2. The third-order valence-corrected chi connectivity index (χ3v) is 6.29. The second-order valence-corrected chi connectivity index (χ2v) is 8.56. The number of phenols is 1. The first-order chi connectivity index (χ1) is 15.6. The number of nitrogens with zero attached hydrogens (tertiary/aromatic N) is 2. The summed E-state index contributed by atoms with van der Waals surface area (Å²) in [5, 5.41) is 13.4. The monoisotopic (exact) mass is 451 g/mol. The average molecular weight is 452 g/mol. The Morgan fingerprint density at radius 3 is 2.75 bits per heavy atom. The van der Waals surface area contributed by atoms with Gasteiger partial charge in [0.15, 0.2) is 0 Å². The highest BCUT2D eigenvalue weighted by Gasteiger charge is 2.23. The Morgan fingerprint density at radius 1 is 1.09 bits per heavy atom. The first-order valence-electron chi connectivity index (χ1n) is 10.8. The van der Waals surface area contributed by atoms with Crippen LogP contribution < -0.4 is 10.1 Å². The van der Waals surface area contributed by atoms with Gasteiger partial charge >= 0.3 is 0 Å². The van der Waals surface area contributed by atoms with Crippen molar-refractivity contribution in [2.45, 2.75) is 31.8 Å². The molecule has 0 amide bonds. The number of ether oxygens (including phenoxy) is 1. The molecule has 1 aliphatic carbocycles. The van der Waals surface area contributed by atoms with Crippen molar-refractivity contribution in [2.24, 2.45) is 0 Å². The number of fused-ring (bicyclic) bond motifs is 1. The molecule has 2 aliphatic rings. The van der Waals surface area contributed by atoms with E-state index in [0.717, 1.165) is 66.6 Å². The Bertz CT molecular complexity index is 1170. The molecule has 0 saturated carbocycles. The molecule has 164 valence electrons. The van der Waals surface area contributed by atoms with Crippen LogP contribution in [0, 0.1) is 5.82 Å². The molecule has 32 heavy (non-hydrogen) atoms. The molecule has 7 heteroatoms. The van der Waals surface area contributed by atoms with E-state index in [0.29, 0.717) is 11.6 Å². The summed E-state index contributed by atoms with van der Waals surface area (Å²) in [6, 6.07) is 10.2.